The molecular formula is C30H42FN3O4. The number of likely N-dealkylation sites (tertiary alicyclic amines) is 1. The molecule has 5 atom stereocenters. The Labute approximate surface area is 226 Å². The second-order valence-corrected chi connectivity index (χ2v) is 10.1. The lowest BCUT2D eigenvalue weighted by molar-refractivity contribution is -0.164. The first-order valence-corrected chi connectivity index (χ1v) is 13.7. The van der Waals surface area contributed by atoms with E-state index in [0.29, 0.717) is 32.4 Å². The van der Waals surface area contributed by atoms with Gasteiger partial charge < -0.3 is 20.1 Å². The number of nitrogens with zero attached hydrogens (tertiary/aromatic N) is 2. The molecule has 1 aliphatic heterocycles. The van der Waals surface area contributed by atoms with Crippen molar-refractivity contribution in [2.24, 2.45) is 11.7 Å². The highest BCUT2D eigenvalue weighted by atomic mass is 19.1. The van der Waals surface area contributed by atoms with E-state index in [9.17, 15) is 14.0 Å². The van der Waals surface area contributed by atoms with Crippen LogP contribution in [0.3, 0.4) is 0 Å². The van der Waals surface area contributed by atoms with E-state index in [0.717, 1.165) is 17.5 Å². The number of esters is 1. The van der Waals surface area contributed by atoms with Crippen LogP contribution in [0.15, 0.2) is 60.7 Å². The molecule has 0 radical (unpaired) electrons. The maximum atomic E-state index is 14.4. The van der Waals surface area contributed by atoms with Crippen LogP contribution in [0.1, 0.15) is 57.1 Å². The van der Waals surface area contributed by atoms with Gasteiger partial charge in [0.1, 0.15) is 12.6 Å². The molecule has 1 fully saturated rings. The predicted octanol–water partition coefficient (Wildman–Crippen LogP) is 5.28. The summed E-state index contributed by atoms with van der Waals surface area (Å²) in [6.45, 7) is 5.06. The molecule has 7 nitrogen and oxygen atoms in total. The number of alkyl halides is 1. The number of benzene rings is 2. The fourth-order valence-corrected chi connectivity index (χ4v) is 5.15. The first-order valence-electron chi connectivity index (χ1n) is 13.7. The van der Waals surface area contributed by atoms with Gasteiger partial charge in [-0.15, -0.1) is 0 Å². The maximum Gasteiger partial charge on any atom is 0.410 e. The summed E-state index contributed by atoms with van der Waals surface area (Å²) in [6.07, 6.45) is 0.506. The summed E-state index contributed by atoms with van der Waals surface area (Å²) in [4.78, 5) is 30.1. The van der Waals surface area contributed by atoms with Crippen molar-refractivity contribution in [1.29, 1.82) is 0 Å². The highest BCUT2D eigenvalue weighted by Crippen LogP contribution is 2.35. The molecule has 1 aliphatic rings. The Morgan fingerprint density at radius 3 is 2.29 bits per heavy atom. The predicted molar refractivity (Wildman–Crippen MR) is 146 cm³/mol. The number of hydrogen-bond donors (Lipinski definition) is 1. The molecule has 2 unspecified atom stereocenters. The minimum atomic E-state index is -1.65. The summed E-state index contributed by atoms with van der Waals surface area (Å²) in [5.74, 6) is -0.389. The molecule has 2 N–H and O–H groups in total. The number of carbonyl (C=O) groups excluding carboxylic acids is 2. The number of halogens is 1. The number of ether oxygens (including phenoxy) is 2. The third kappa shape index (κ3) is 8.01. The number of nitrogens with two attached hydrogens (primary N) is 1. The van der Waals surface area contributed by atoms with Gasteiger partial charge >= 0.3 is 12.1 Å². The number of likely N-dealkylation sites (N-methyl/N-ethyl adjacent to an activating group) is 1. The average molecular weight is 528 g/mol. The van der Waals surface area contributed by atoms with Crippen LogP contribution >= 0.6 is 0 Å². The highest BCUT2D eigenvalue weighted by molar-refractivity contribution is 5.77. The van der Waals surface area contributed by atoms with Crippen LogP contribution in [0.4, 0.5) is 9.18 Å². The van der Waals surface area contributed by atoms with Gasteiger partial charge in [-0.25, -0.2) is 9.18 Å². The first kappa shape index (κ1) is 29.6. The van der Waals surface area contributed by atoms with E-state index in [2.05, 4.69) is 11.8 Å². The lowest BCUT2D eigenvalue weighted by Gasteiger charge is -2.35. The molecule has 1 saturated heterocycles. The summed E-state index contributed by atoms with van der Waals surface area (Å²) in [5, 5.41) is 0. The Bertz CT molecular complexity index is 990. The average Bonchev–Trinajstić information content (AvgIpc) is 3.28. The molecule has 2 aromatic carbocycles. The van der Waals surface area contributed by atoms with Crippen LogP contribution in [0, 0.1) is 5.92 Å². The quantitative estimate of drug-likeness (QED) is 0.357. The summed E-state index contributed by atoms with van der Waals surface area (Å²) < 4.78 is 25.2. The Balaban J connectivity index is 1.87. The van der Waals surface area contributed by atoms with Gasteiger partial charge in [-0.1, -0.05) is 80.9 Å². The standard InChI is InChI=1S/C30H42FN3O4/c1-4-12-28(31)38-29(35)27-18-25(33(3)30(36)37-21-24-15-10-7-11-16-24)26(17-22(5-2)19-32)34(27)20-23-13-8-6-9-14-23/h6-11,13-16,22,25-28H,4-5,12,17-21,32H2,1-3H3/t22?,25-,26+,27-,28?/m1/s1. The molecule has 0 spiro atoms. The second-order valence-electron chi connectivity index (χ2n) is 10.1. The van der Waals surface area contributed by atoms with Crippen LogP contribution < -0.4 is 5.73 Å². The van der Waals surface area contributed by atoms with Gasteiger partial charge in [0.2, 0.25) is 6.36 Å². The molecule has 0 aromatic heterocycles. The van der Waals surface area contributed by atoms with Crippen LogP contribution in [-0.2, 0) is 27.4 Å². The zero-order valence-corrected chi connectivity index (χ0v) is 22.8. The van der Waals surface area contributed by atoms with Gasteiger partial charge in [-0.2, -0.15) is 0 Å². The number of rotatable bonds is 13. The normalized spacial score (nSPS) is 21.0. The van der Waals surface area contributed by atoms with Crippen LogP contribution in [0.2, 0.25) is 0 Å². The topological polar surface area (TPSA) is 85.1 Å². The number of carbonyl (C=O) groups is 2. The Kier molecular flexibility index (Phi) is 11.5. The third-order valence-electron chi connectivity index (χ3n) is 7.45. The molecule has 0 aliphatic carbocycles. The largest absolute Gasteiger partial charge is 0.445 e. The molecule has 3 rings (SSSR count). The number of hydrogen-bond acceptors (Lipinski definition) is 6. The maximum absolute atomic E-state index is 14.4. The fourth-order valence-electron chi connectivity index (χ4n) is 5.15. The van der Waals surface area contributed by atoms with E-state index in [-0.39, 0.29) is 31.0 Å². The van der Waals surface area contributed by atoms with Crippen molar-refractivity contribution < 1.29 is 23.5 Å². The molecular weight excluding hydrogens is 485 g/mol. The van der Waals surface area contributed by atoms with E-state index in [1.54, 1.807) is 11.9 Å². The van der Waals surface area contributed by atoms with Gasteiger partial charge in [-0.3, -0.25) is 9.69 Å². The Morgan fingerprint density at radius 2 is 1.71 bits per heavy atom. The van der Waals surface area contributed by atoms with E-state index in [1.165, 1.54) is 0 Å². The lowest BCUT2D eigenvalue weighted by atomic mass is 9.92. The molecule has 1 heterocycles. The second kappa shape index (κ2) is 14.8. The smallest absolute Gasteiger partial charge is 0.410 e. The molecule has 0 saturated carbocycles. The summed E-state index contributed by atoms with van der Waals surface area (Å²) in [6, 6.07) is 18.1. The zero-order valence-electron chi connectivity index (χ0n) is 22.8. The molecule has 38 heavy (non-hydrogen) atoms. The summed E-state index contributed by atoms with van der Waals surface area (Å²) in [7, 11) is 1.71. The van der Waals surface area contributed by atoms with Crippen molar-refractivity contribution in [2.45, 2.75) is 83.6 Å². The van der Waals surface area contributed by atoms with Gasteiger partial charge in [0.05, 0.1) is 6.04 Å². The van der Waals surface area contributed by atoms with Crippen molar-refractivity contribution in [1.82, 2.24) is 9.80 Å². The van der Waals surface area contributed by atoms with E-state index in [4.69, 9.17) is 15.2 Å². The van der Waals surface area contributed by atoms with Crippen molar-refractivity contribution in [3.05, 3.63) is 71.8 Å². The Hall–Kier alpha value is -2.97. The summed E-state index contributed by atoms with van der Waals surface area (Å²) >= 11 is 0. The monoisotopic (exact) mass is 527 g/mol. The molecule has 8 heteroatoms. The fraction of sp³-hybridized carbons (Fsp3) is 0.533. The van der Waals surface area contributed by atoms with Gasteiger partial charge in [0.15, 0.2) is 0 Å². The molecule has 208 valence electrons. The van der Waals surface area contributed by atoms with Gasteiger partial charge in [0.25, 0.3) is 0 Å². The van der Waals surface area contributed by atoms with Crippen molar-refractivity contribution in [2.75, 3.05) is 13.6 Å². The van der Waals surface area contributed by atoms with Gasteiger partial charge in [-0.05, 0) is 42.9 Å². The van der Waals surface area contributed by atoms with E-state index >= 15 is 0 Å². The first-order chi connectivity index (χ1) is 18.4. The molecule has 1 amide bonds. The van der Waals surface area contributed by atoms with E-state index in [1.807, 2.05) is 67.6 Å². The number of amides is 1. The van der Waals surface area contributed by atoms with Crippen LogP contribution in [0.25, 0.3) is 0 Å². The molecule has 2 aromatic rings. The van der Waals surface area contributed by atoms with Crippen LogP contribution in [-0.4, -0.2) is 59.9 Å². The van der Waals surface area contributed by atoms with Crippen molar-refractivity contribution in [3.8, 4) is 0 Å². The summed E-state index contributed by atoms with van der Waals surface area (Å²) in [5.41, 5.74) is 8.00. The third-order valence-corrected chi connectivity index (χ3v) is 7.45. The van der Waals surface area contributed by atoms with Crippen molar-refractivity contribution in [3.63, 3.8) is 0 Å². The lowest BCUT2D eigenvalue weighted by Crippen LogP contribution is -2.48. The minimum Gasteiger partial charge on any atom is -0.445 e. The Morgan fingerprint density at radius 1 is 1.08 bits per heavy atom. The van der Waals surface area contributed by atoms with E-state index < -0.39 is 24.5 Å². The molecule has 0 bridgehead atoms. The van der Waals surface area contributed by atoms with Crippen molar-refractivity contribution >= 4 is 12.1 Å². The van der Waals surface area contributed by atoms with Gasteiger partial charge in [0, 0.05) is 26.1 Å². The SMILES string of the molecule is CCCC(F)OC(=O)[C@H]1C[C@@H](N(C)C(=O)OCc2ccccc2)[C@H](CC(CC)CN)N1Cc1ccccc1. The minimum absolute atomic E-state index is 0.154. The van der Waals surface area contributed by atoms with Crippen LogP contribution in [0.5, 0.6) is 0 Å². The highest BCUT2D eigenvalue weighted by Gasteiger charge is 2.48. The zero-order chi connectivity index (χ0) is 27.5.